The van der Waals surface area contributed by atoms with E-state index in [1.54, 1.807) is 19.3 Å². The zero-order chi connectivity index (χ0) is 19.5. The van der Waals surface area contributed by atoms with Crippen molar-refractivity contribution in [1.82, 2.24) is 20.0 Å². The molecule has 3 atom stereocenters. The molecule has 1 saturated carbocycles. The highest BCUT2D eigenvalue weighted by molar-refractivity contribution is 5.59. The van der Waals surface area contributed by atoms with Gasteiger partial charge in [-0.15, -0.1) is 0 Å². The Bertz CT molecular complexity index is 1020. The molecule has 1 aliphatic carbocycles. The molecule has 2 unspecified atom stereocenters. The van der Waals surface area contributed by atoms with Gasteiger partial charge in [-0.3, -0.25) is 4.79 Å². The summed E-state index contributed by atoms with van der Waals surface area (Å²) in [4.78, 5) is 14.6. The van der Waals surface area contributed by atoms with Crippen molar-refractivity contribution in [3.05, 3.63) is 59.8 Å². The van der Waals surface area contributed by atoms with Crippen LogP contribution in [0.25, 0.3) is 11.3 Å². The largest absolute Gasteiger partial charge is 0.385 e. The normalized spacial score (nSPS) is 18.8. The Balaban J connectivity index is 1.42. The van der Waals surface area contributed by atoms with Crippen molar-refractivity contribution in [2.45, 2.75) is 32.0 Å². The minimum atomic E-state index is -0.643. The van der Waals surface area contributed by atoms with Crippen LogP contribution < -0.4 is 5.32 Å². The second-order valence-corrected chi connectivity index (χ2v) is 6.85. The lowest BCUT2D eigenvalue weighted by Gasteiger charge is -2.07. The fourth-order valence-electron chi connectivity index (χ4n) is 3.04. The first-order valence-corrected chi connectivity index (χ1v) is 9.10. The number of hydrogen-bond acceptors (Lipinski definition) is 5. The first kappa shape index (κ1) is 18.0. The summed E-state index contributed by atoms with van der Waals surface area (Å²) in [6.45, 7) is 2.16. The number of carbonyl (C=O) groups excluding carboxylic acids is 1. The number of aliphatic hydroxyl groups excluding tert-OH is 1. The third-order valence-corrected chi connectivity index (χ3v) is 4.66. The molecular formula is C21H20N4O3. The van der Waals surface area contributed by atoms with Crippen LogP contribution in [0.1, 0.15) is 36.5 Å². The summed E-state index contributed by atoms with van der Waals surface area (Å²) in [6.07, 6.45) is 4.46. The highest BCUT2D eigenvalue weighted by atomic mass is 16.5. The van der Waals surface area contributed by atoms with Crippen LogP contribution in [0, 0.1) is 17.8 Å². The molecule has 1 fully saturated rings. The number of nitrogens with one attached hydrogen (secondary N) is 1. The number of rotatable bonds is 6. The minimum Gasteiger partial charge on any atom is -0.385 e. The van der Waals surface area contributed by atoms with Crippen molar-refractivity contribution in [2.75, 3.05) is 0 Å². The van der Waals surface area contributed by atoms with Crippen molar-refractivity contribution in [3.8, 4) is 23.2 Å². The molecule has 0 radical (unpaired) electrons. The number of hydrogen-bond donors (Lipinski definition) is 2. The monoisotopic (exact) mass is 376 g/mol. The molecule has 1 aliphatic rings. The van der Waals surface area contributed by atoms with Crippen LogP contribution in [0.3, 0.4) is 0 Å². The van der Waals surface area contributed by atoms with E-state index in [1.807, 2.05) is 34.9 Å². The van der Waals surface area contributed by atoms with Gasteiger partial charge in [0.1, 0.15) is 17.6 Å². The number of benzene rings is 1. The van der Waals surface area contributed by atoms with Crippen molar-refractivity contribution in [1.29, 1.82) is 0 Å². The van der Waals surface area contributed by atoms with E-state index in [0.29, 0.717) is 18.1 Å². The molecule has 28 heavy (non-hydrogen) atoms. The second kappa shape index (κ2) is 7.71. The van der Waals surface area contributed by atoms with Gasteiger partial charge < -0.3 is 19.5 Å². The van der Waals surface area contributed by atoms with Gasteiger partial charge in [-0.05, 0) is 37.6 Å². The van der Waals surface area contributed by atoms with Gasteiger partial charge in [0.25, 0.3) is 0 Å². The van der Waals surface area contributed by atoms with E-state index in [1.165, 1.54) is 0 Å². The lowest BCUT2D eigenvalue weighted by Crippen LogP contribution is -2.14. The van der Waals surface area contributed by atoms with Crippen LogP contribution in [0.2, 0.25) is 0 Å². The summed E-state index contributed by atoms with van der Waals surface area (Å²) < 4.78 is 7.31. The van der Waals surface area contributed by atoms with Gasteiger partial charge >= 0.3 is 0 Å². The van der Waals surface area contributed by atoms with Crippen molar-refractivity contribution in [2.24, 2.45) is 5.92 Å². The fourth-order valence-corrected chi connectivity index (χ4v) is 3.04. The molecule has 0 spiro atoms. The van der Waals surface area contributed by atoms with E-state index >= 15 is 0 Å². The Morgan fingerprint density at radius 3 is 3.00 bits per heavy atom. The maximum absolute atomic E-state index is 10.4. The van der Waals surface area contributed by atoms with Crippen LogP contribution in [-0.2, 0) is 11.3 Å². The van der Waals surface area contributed by atoms with E-state index in [9.17, 15) is 9.90 Å². The third-order valence-electron chi connectivity index (χ3n) is 4.66. The van der Waals surface area contributed by atoms with Gasteiger partial charge in [0, 0.05) is 41.5 Å². The molecule has 0 saturated heterocycles. The van der Waals surface area contributed by atoms with E-state index < -0.39 is 6.10 Å². The van der Waals surface area contributed by atoms with Crippen LogP contribution >= 0.6 is 0 Å². The molecule has 1 amide bonds. The van der Waals surface area contributed by atoms with Crippen LogP contribution in [-0.4, -0.2) is 32.3 Å². The van der Waals surface area contributed by atoms with Gasteiger partial charge in [0.2, 0.25) is 6.41 Å². The fraction of sp³-hybridized carbons (Fsp3) is 0.286. The van der Waals surface area contributed by atoms with E-state index in [2.05, 4.69) is 27.3 Å². The molecule has 2 aromatic heterocycles. The standard InChI is InChI=1S/C21H20N4O3/c1-14(27)21-22-8-9-25(21)12-18-11-20(28-24-18)16-5-2-15(3-6-16)4-7-17-10-19(17)23-13-26/h2-3,5-6,8-9,11,13-14,17,19,27H,10,12H2,1H3,(H,23,26)/t14-,17?,19?/m0/s1. The number of imidazole rings is 1. The quantitative estimate of drug-likeness (QED) is 0.508. The van der Waals surface area contributed by atoms with E-state index in [4.69, 9.17) is 4.52 Å². The minimum absolute atomic E-state index is 0.196. The summed E-state index contributed by atoms with van der Waals surface area (Å²) in [6, 6.07) is 9.85. The average molecular weight is 376 g/mol. The van der Waals surface area contributed by atoms with Crippen LogP contribution in [0.5, 0.6) is 0 Å². The molecule has 1 aromatic carbocycles. The molecule has 2 N–H and O–H groups in total. The molecule has 142 valence electrons. The summed E-state index contributed by atoms with van der Waals surface area (Å²) in [5, 5.41) is 16.6. The molecule has 4 rings (SSSR count). The smallest absolute Gasteiger partial charge is 0.207 e. The maximum atomic E-state index is 10.4. The summed E-state index contributed by atoms with van der Waals surface area (Å²) in [5.41, 5.74) is 2.58. The first-order chi connectivity index (χ1) is 13.6. The van der Waals surface area contributed by atoms with Crippen LogP contribution in [0.15, 0.2) is 47.2 Å². The Kier molecular flexibility index (Phi) is 4.96. The third kappa shape index (κ3) is 3.97. The topological polar surface area (TPSA) is 93.2 Å². The van der Waals surface area contributed by atoms with Crippen molar-refractivity contribution in [3.63, 3.8) is 0 Å². The Labute approximate surface area is 162 Å². The molecule has 0 bridgehead atoms. The van der Waals surface area contributed by atoms with Gasteiger partial charge in [0.05, 0.1) is 6.54 Å². The van der Waals surface area contributed by atoms with Gasteiger partial charge in [-0.2, -0.15) is 0 Å². The SMILES string of the molecule is C[C@H](O)c1nccn1Cc1cc(-c2ccc(C#CC3CC3NC=O)cc2)on1. The van der Waals surface area contributed by atoms with Gasteiger partial charge in [-0.1, -0.05) is 17.0 Å². The summed E-state index contributed by atoms with van der Waals surface area (Å²) in [5.74, 6) is 7.82. The van der Waals surface area contributed by atoms with Crippen molar-refractivity contribution < 1.29 is 14.4 Å². The van der Waals surface area contributed by atoms with Gasteiger partial charge in [-0.25, -0.2) is 4.98 Å². The maximum Gasteiger partial charge on any atom is 0.207 e. The molecular weight excluding hydrogens is 356 g/mol. The average Bonchev–Trinajstić information content (AvgIpc) is 3.07. The van der Waals surface area contributed by atoms with Crippen LogP contribution in [0.4, 0.5) is 0 Å². The number of carbonyl (C=O) groups is 1. The predicted molar refractivity (Wildman–Crippen MR) is 102 cm³/mol. The Hall–Kier alpha value is -3.37. The Morgan fingerprint density at radius 1 is 1.43 bits per heavy atom. The molecule has 0 aliphatic heterocycles. The molecule has 7 nitrogen and oxygen atoms in total. The highest BCUT2D eigenvalue weighted by Gasteiger charge is 2.35. The van der Waals surface area contributed by atoms with Crippen molar-refractivity contribution >= 4 is 6.41 Å². The van der Waals surface area contributed by atoms with E-state index in [-0.39, 0.29) is 12.0 Å². The Morgan fingerprint density at radius 2 is 2.25 bits per heavy atom. The number of aliphatic hydroxyl groups is 1. The zero-order valence-corrected chi connectivity index (χ0v) is 15.4. The molecule has 3 aromatic rings. The number of nitrogens with zero attached hydrogens (tertiary/aromatic N) is 3. The lowest BCUT2D eigenvalue weighted by molar-refractivity contribution is -0.109. The van der Waals surface area contributed by atoms with Gasteiger partial charge in [0.15, 0.2) is 5.76 Å². The molecule has 2 heterocycles. The number of aromatic nitrogens is 3. The molecule has 7 heteroatoms. The predicted octanol–water partition coefficient (Wildman–Crippen LogP) is 2.13. The zero-order valence-electron chi connectivity index (χ0n) is 15.4. The lowest BCUT2D eigenvalue weighted by atomic mass is 10.1. The number of amides is 1. The second-order valence-electron chi connectivity index (χ2n) is 6.85. The first-order valence-electron chi connectivity index (χ1n) is 9.10. The van der Waals surface area contributed by atoms with E-state index in [0.717, 1.165) is 29.7 Å². The summed E-state index contributed by atoms with van der Waals surface area (Å²) in [7, 11) is 0. The summed E-state index contributed by atoms with van der Waals surface area (Å²) >= 11 is 0. The highest BCUT2D eigenvalue weighted by Crippen LogP contribution is 2.29.